The summed E-state index contributed by atoms with van der Waals surface area (Å²) in [4.78, 5) is 35.4. The van der Waals surface area contributed by atoms with Gasteiger partial charge in [-0.25, -0.2) is 4.98 Å². The third kappa shape index (κ3) is 4.89. The third-order valence-electron chi connectivity index (χ3n) is 6.13. The fourth-order valence-electron chi connectivity index (χ4n) is 3.00. The van der Waals surface area contributed by atoms with Gasteiger partial charge < -0.3 is 14.3 Å². The number of ether oxygens (including phenoxy) is 1. The highest BCUT2D eigenvalue weighted by Crippen LogP contribution is 2.38. The first-order valence-corrected chi connectivity index (χ1v) is 13.5. The SMILES string of the molecule is CC(C)C(=O)Nc1nc2c(ncn2[C@@H]2C[C@H](O)[C@@H](CO[Si](C)(C)C(C)(C)C)O2)c(=O)[nH]1. The van der Waals surface area contributed by atoms with E-state index in [4.69, 9.17) is 9.16 Å². The molecule has 10 nitrogen and oxygen atoms in total. The third-order valence-corrected chi connectivity index (χ3v) is 10.6. The first kappa shape index (κ1) is 23.6. The van der Waals surface area contributed by atoms with Crippen LogP contribution in [0.4, 0.5) is 5.95 Å². The van der Waals surface area contributed by atoms with Crippen molar-refractivity contribution in [2.24, 2.45) is 5.92 Å². The fourth-order valence-corrected chi connectivity index (χ4v) is 4.01. The van der Waals surface area contributed by atoms with E-state index < -0.39 is 32.3 Å². The van der Waals surface area contributed by atoms with Gasteiger partial charge in [0.15, 0.2) is 19.5 Å². The molecule has 3 heterocycles. The van der Waals surface area contributed by atoms with E-state index in [1.54, 1.807) is 18.4 Å². The quantitative estimate of drug-likeness (QED) is 0.575. The van der Waals surface area contributed by atoms with Crippen molar-refractivity contribution in [1.29, 1.82) is 0 Å². The lowest BCUT2D eigenvalue weighted by molar-refractivity contribution is -0.118. The Kier molecular flexibility index (Phi) is 6.43. The Labute approximate surface area is 182 Å². The second-order valence-electron chi connectivity index (χ2n) is 9.89. The minimum Gasteiger partial charge on any atom is -0.414 e. The molecule has 11 heteroatoms. The molecule has 172 valence electrons. The number of carbonyl (C=O) groups excluding carboxylic acids is 1. The van der Waals surface area contributed by atoms with Crippen LogP contribution in [-0.4, -0.2) is 57.7 Å². The van der Waals surface area contributed by atoms with Crippen molar-refractivity contribution >= 4 is 31.3 Å². The standard InChI is InChI=1S/C20H33N5O5Si/c1-11(2)17(27)23-19-22-16-15(18(28)24-19)21-10-25(16)14-8-12(26)13(30-14)9-29-31(6,7)20(3,4)5/h10-14,26H,8-9H2,1-7H3,(H2,22,23,24,27,28)/t12-,13+,14-/m0/s1. The zero-order valence-corrected chi connectivity index (χ0v) is 20.2. The van der Waals surface area contributed by atoms with E-state index in [0.29, 0.717) is 13.0 Å². The molecule has 0 aliphatic carbocycles. The van der Waals surface area contributed by atoms with Crippen molar-refractivity contribution < 1.29 is 19.1 Å². The minimum absolute atomic E-state index is 0.0503. The van der Waals surface area contributed by atoms with Gasteiger partial charge in [-0.2, -0.15) is 4.98 Å². The Morgan fingerprint density at radius 3 is 2.74 bits per heavy atom. The predicted octanol–water partition coefficient (Wildman–Crippen LogP) is 2.38. The van der Waals surface area contributed by atoms with E-state index in [2.05, 4.69) is 54.1 Å². The predicted molar refractivity (Wildman–Crippen MR) is 119 cm³/mol. The average molecular weight is 452 g/mol. The highest BCUT2D eigenvalue weighted by Gasteiger charge is 2.41. The summed E-state index contributed by atoms with van der Waals surface area (Å²) < 4.78 is 13.9. The second kappa shape index (κ2) is 8.45. The minimum atomic E-state index is -1.98. The number of aliphatic hydroxyl groups excluding tert-OH is 1. The van der Waals surface area contributed by atoms with E-state index in [1.165, 1.54) is 6.33 Å². The van der Waals surface area contributed by atoms with Crippen LogP contribution in [0.5, 0.6) is 0 Å². The molecule has 1 aliphatic rings. The molecular weight excluding hydrogens is 418 g/mol. The summed E-state index contributed by atoms with van der Waals surface area (Å²) in [5.74, 6) is -0.473. The zero-order valence-electron chi connectivity index (χ0n) is 19.2. The van der Waals surface area contributed by atoms with Crippen LogP contribution in [0.15, 0.2) is 11.1 Å². The smallest absolute Gasteiger partial charge is 0.280 e. The molecule has 1 aliphatic heterocycles. The molecule has 3 N–H and O–H groups in total. The van der Waals surface area contributed by atoms with E-state index in [-0.39, 0.29) is 34.0 Å². The Bertz CT molecular complexity index is 1010. The maximum Gasteiger partial charge on any atom is 0.280 e. The Morgan fingerprint density at radius 2 is 2.13 bits per heavy atom. The van der Waals surface area contributed by atoms with Gasteiger partial charge in [0.25, 0.3) is 5.56 Å². The molecule has 2 aromatic heterocycles. The molecule has 0 spiro atoms. The zero-order chi connectivity index (χ0) is 23.1. The van der Waals surface area contributed by atoms with Crippen LogP contribution in [0, 0.1) is 5.92 Å². The van der Waals surface area contributed by atoms with Crippen molar-refractivity contribution in [2.45, 2.75) is 77.6 Å². The number of carbonyl (C=O) groups is 1. The average Bonchev–Trinajstić information content (AvgIpc) is 3.22. The number of rotatable bonds is 6. The van der Waals surface area contributed by atoms with Gasteiger partial charge in [-0.3, -0.25) is 24.5 Å². The Balaban J connectivity index is 1.80. The molecular formula is C20H33N5O5Si. The summed E-state index contributed by atoms with van der Waals surface area (Å²) in [5.41, 5.74) is -0.0354. The fraction of sp³-hybridized carbons (Fsp3) is 0.700. The Hall–Kier alpha value is -2.08. The normalized spacial score (nSPS) is 22.4. The van der Waals surface area contributed by atoms with Crippen molar-refractivity contribution in [3.05, 3.63) is 16.7 Å². The van der Waals surface area contributed by atoms with Gasteiger partial charge in [0.1, 0.15) is 12.3 Å². The summed E-state index contributed by atoms with van der Waals surface area (Å²) in [7, 11) is -1.98. The van der Waals surface area contributed by atoms with E-state index in [1.807, 2.05) is 0 Å². The van der Waals surface area contributed by atoms with Crippen molar-refractivity contribution in [1.82, 2.24) is 19.5 Å². The number of anilines is 1. The lowest BCUT2D eigenvalue weighted by Crippen LogP contribution is -2.43. The summed E-state index contributed by atoms with van der Waals surface area (Å²) >= 11 is 0. The number of aromatic amines is 1. The van der Waals surface area contributed by atoms with Gasteiger partial charge in [-0.05, 0) is 18.1 Å². The number of hydrogen-bond acceptors (Lipinski definition) is 7. The van der Waals surface area contributed by atoms with Crippen molar-refractivity contribution in [3.63, 3.8) is 0 Å². The largest absolute Gasteiger partial charge is 0.414 e. The van der Waals surface area contributed by atoms with E-state index >= 15 is 0 Å². The number of aliphatic hydroxyl groups is 1. The number of amides is 1. The molecule has 2 aromatic rings. The van der Waals surface area contributed by atoms with Gasteiger partial charge >= 0.3 is 0 Å². The molecule has 3 atom stereocenters. The summed E-state index contributed by atoms with van der Waals surface area (Å²) in [6, 6.07) is 0. The number of aromatic nitrogens is 4. The van der Waals surface area contributed by atoms with Gasteiger partial charge in [0.05, 0.1) is 19.0 Å². The van der Waals surface area contributed by atoms with Gasteiger partial charge in [0.2, 0.25) is 11.9 Å². The molecule has 1 fully saturated rings. The molecule has 3 rings (SSSR count). The van der Waals surface area contributed by atoms with Gasteiger partial charge in [-0.1, -0.05) is 34.6 Å². The molecule has 0 bridgehead atoms. The monoisotopic (exact) mass is 451 g/mol. The number of fused-ring (bicyclic) bond motifs is 1. The maximum atomic E-state index is 12.4. The van der Waals surface area contributed by atoms with Crippen LogP contribution in [0.3, 0.4) is 0 Å². The van der Waals surface area contributed by atoms with Crippen molar-refractivity contribution in [2.75, 3.05) is 11.9 Å². The first-order chi connectivity index (χ1) is 14.3. The van der Waals surface area contributed by atoms with Crippen molar-refractivity contribution in [3.8, 4) is 0 Å². The van der Waals surface area contributed by atoms with Crippen LogP contribution >= 0.6 is 0 Å². The van der Waals surface area contributed by atoms with Crippen LogP contribution in [0.2, 0.25) is 18.1 Å². The molecule has 1 saturated heterocycles. The van der Waals surface area contributed by atoms with Crippen LogP contribution < -0.4 is 10.9 Å². The highest BCUT2D eigenvalue weighted by atomic mass is 28.4. The number of H-pyrrole nitrogens is 1. The van der Waals surface area contributed by atoms with Gasteiger partial charge in [-0.15, -0.1) is 0 Å². The van der Waals surface area contributed by atoms with Crippen LogP contribution in [0.25, 0.3) is 11.2 Å². The number of nitrogens with zero attached hydrogens (tertiary/aromatic N) is 3. The molecule has 0 saturated carbocycles. The number of hydrogen-bond donors (Lipinski definition) is 3. The van der Waals surface area contributed by atoms with Crippen LogP contribution in [0.1, 0.15) is 47.3 Å². The molecule has 0 unspecified atom stereocenters. The van der Waals surface area contributed by atoms with E-state index in [9.17, 15) is 14.7 Å². The molecule has 0 aromatic carbocycles. The lowest BCUT2D eigenvalue weighted by atomic mass is 10.2. The lowest BCUT2D eigenvalue weighted by Gasteiger charge is -2.37. The summed E-state index contributed by atoms with van der Waals surface area (Å²) in [5, 5.41) is 13.2. The maximum absolute atomic E-state index is 12.4. The van der Waals surface area contributed by atoms with E-state index in [0.717, 1.165) is 0 Å². The number of imidazole rings is 1. The molecule has 31 heavy (non-hydrogen) atoms. The molecule has 0 radical (unpaired) electrons. The first-order valence-electron chi connectivity index (χ1n) is 10.6. The molecule has 1 amide bonds. The highest BCUT2D eigenvalue weighted by molar-refractivity contribution is 6.74. The van der Waals surface area contributed by atoms with Gasteiger partial charge in [0, 0.05) is 12.3 Å². The number of nitrogens with one attached hydrogen (secondary N) is 2. The topological polar surface area (TPSA) is 131 Å². The summed E-state index contributed by atoms with van der Waals surface area (Å²) in [6.07, 6.45) is 0.0400. The Morgan fingerprint density at radius 1 is 1.45 bits per heavy atom. The second-order valence-corrected chi connectivity index (χ2v) is 14.7. The van der Waals surface area contributed by atoms with Crippen LogP contribution in [-0.2, 0) is 14.0 Å². The summed E-state index contributed by atoms with van der Waals surface area (Å²) in [6.45, 7) is 14.6.